The summed E-state index contributed by atoms with van der Waals surface area (Å²) in [6.45, 7) is 1.93. The van der Waals surface area contributed by atoms with Crippen molar-refractivity contribution in [3.05, 3.63) is 95.7 Å². The van der Waals surface area contributed by atoms with Crippen LogP contribution in [0.1, 0.15) is 21.6 Å². The SMILES string of the molecule is COc1ccc(C(=O)/C=C/c2c(C)nn(-c3ccccc3)c2-c2ccccc2OC)cc1OC. The molecule has 0 fully saturated rings. The van der Waals surface area contributed by atoms with Gasteiger partial charge in [-0.05, 0) is 61.5 Å². The monoisotopic (exact) mass is 454 g/mol. The van der Waals surface area contributed by atoms with E-state index in [1.807, 2.05) is 72.3 Å². The van der Waals surface area contributed by atoms with Gasteiger partial charge in [0, 0.05) is 16.7 Å². The van der Waals surface area contributed by atoms with Crippen LogP contribution in [0.5, 0.6) is 17.2 Å². The van der Waals surface area contributed by atoms with Gasteiger partial charge in [0.05, 0.1) is 38.4 Å². The van der Waals surface area contributed by atoms with Gasteiger partial charge in [-0.2, -0.15) is 5.10 Å². The van der Waals surface area contributed by atoms with Crippen LogP contribution in [0, 0.1) is 6.92 Å². The fourth-order valence-electron chi connectivity index (χ4n) is 3.84. The predicted octanol–water partition coefficient (Wildman–Crippen LogP) is 5.77. The van der Waals surface area contributed by atoms with Crippen LogP contribution in [0.4, 0.5) is 0 Å². The first-order valence-corrected chi connectivity index (χ1v) is 10.8. The second kappa shape index (κ2) is 10.1. The number of rotatable bonds is 8. The molecular weight excluding hydrogens is 428 g/mol. The van der Waals surface area contributed by atoms with Crippen molar-refractivity contribution >= 4 is 11.9 Å². The van der Waals surface area contributed by atoms with Crippen molar-refractivity contribution in [2.24, 2.45) is 0 Å². The Morgan fingerprint density at radius 2 is 1.50 bits per heavy atom. The minimum atomic E-state index is -0.154. The van der Waals surface area contributed by atoms with Crippen molar-refractivity contribution in [2.45, 2.75) is 6.92 Å². The third-order valence-corrected chi connectivity index (χ3v) is 5.54. The molecular formula is C28H26N2O4. The summed E-state index contributed by atoms with van der Waals surface area (Å²) >= 11 is 0. The molecule has 0 amide bonds. The van der Waals surface area contributed by atoms with Crippen LogP contribution < -0.4 is 14.2 Å². The molecule has 3 aromatic carbocycles. The largest absolute Gasteiger partial charge is 0.496 e. The van der Waals surface area contributed by atoms with E-state index in [9.17, 15) is 4.79 Å². The van der Waals surface area contributed by atoms with Crippen molar-refractivity contribution < 1.29 is 19.0 Å². The van der Waals surface area contributed by atoms with E-state index >= 15 is 0 Å². The summed E-state index contributed by atoms with van der Waals surface area (Å²) < 4.78 is 18.1. The van der Waals surface area contributed by atoms with Crippen LogP contribution in [0.3, 0.4) is 0 Å². The number of ketones is 1. The van der Waals surface area contributed by atoms with E-state index in [1.165, 1.54) is 0 Å². The van der Waals surface area contributed by atoms with Crippen molar-refractivity contribution in [3.63, 3.8) is 0 Å². The Labute approximate surface area is 199 Å². The number of ether oxygens (including phenoxy) is 3. The lowest BCUT2D eigenvalue weighted by molar-refractivity contribution is 0.104. The summed E-state index contributed by atoms with van der Waals surface area (Å²) in [7, 11) is 4.75. The van der Waals surface area contributed by atoms with Gasteiger partial charge in [0.15, 0.2) is 17.3 Å². The highest BCUT2D eigenvalue weighted by molar-refractivity contribution is 6.07. The van der Waals surface area contributed by atoms with E-state index in [0.29, 0.717) is 17.1 Å². The number of benzene rings is 3. The molecule has 172 valence electrons. The predicted molar refractivity (Wildman–Crippen MR) is 133 cm³/mol. The molecule has 6 nitrogen and oxygen atoms in total. The zero-order valence-corrected chi connectivity index (χ0v) is 19.6. The van der Waals surface area contributed by atoms with Crippen LogP contribution in [0.25, 0.3) is 23.0 Å². The van der Waals surface area contributed by atoms with E-state index in [2.05, 4.69) is 0 Å². The van der Waals surface area contributed by atoms with Crippen LogP contribution in [0.15, 0.2) is 78.9 Å². The molecule has 0 radical (unpaired) electrons. The van der Waals surface area contributed by atoms with Crippen molar-refractivity contribution in [3.8, 4) is 34.2 Å². The van der Waals surface area contributed by atoms with E-state index in [1.54, 1.807) is 45.6 Å². The number of hydrogen-bond acceptors (Lipinski definition) is 5. The fraction of sp³-hybridized carbons (Fsp3) is 0.143. The van der Waals surface area contributed by atoms with Gasteiger partial charge in [0.25, 0.3) is 0 Å². The summed E-state index contributed by atoms with van der Waals surface area (Å²) in [6.07, 6.45) is 3.36. The first-order valence-electron chi connectivity index (χ1n) is 10.8. The summed E-state index contributed by atoms with van der Waals surface area (Å²) in [4.78, 5) is 13.0. The Balaban J connectivity index is 1.81. The lowest BCUT2D eigenvalue weighted by Gasteiger charge is -2.12. The van der Waals surface area contributed by atoms with Gasteiger partial charge in [-0.25, -0.2) is 4.68 Å². The summed E-state index contributed by atoms with van der Waals surface area (Å²) in [5.74, 6) is 1.64. The summed E-state index contributed by atoms with van der Waals surface area (Å²) in [6, 6.07) is 22.8. The average Bonchev–Trinajstić information content (AvgIpc) is 3.22. The van der Waals surface area contributed by atoms with E-state index < -0.39 is 0 Å². The number of carbonyl (C=O) groups is 1. The van der Waals surface area contributed by atoms with Gasteiger partial charge in [0.2, 0.25) is 0 Å². The highest BCUT2D eigenvalue weighted by atomic mass is 16.5. The van der Waals surface area contributed by atoms with Crippen LogP contribution in [0.2, 0.25) is 0 Å². The Bertz CT molecular complexity index is 1340. The highest BCUT2D eigenvalue weighted by Crippen LogP contribution is 2.36. The molecule has 0 N–H and O–H groups in total. The first kappa shape index (κ1) is 22.9. The molecule has 0 aliphatic heterocycles. The Morgan fingerprint density at radius 1 is 0.824 bits per heavy atom. The van der Waals surface area contributed by atoms with Gasteiger partial charge < -0.3 is 14.2 Å². The number of para-hydroxylation sites is 2. The lowest BCUT2D eigenvalue weighted by atomic mass is 10.0. The molecule has 1 heterocycles. The third kappa shape index (κ3) is 4.43. The van der Waals surface area contributed by atoms with Gasteiger partial charge in [-0.15, -0.1) is 0 Å². The zero-order valence-electron chi connectivity index (χ0n) is 19.6. The molecule has 0 unspecified atom stereocenters. The van der Waals surface area contributed by atoms with Crippen molar-refractivity contribution in [1.82, 2.24) is 9.78 Å². The number of methoxy groups -OCH3 is 3. The summed E-state index contributed by atoms with van der Waals surface area (Å²) in [5, 5.41) is 4.80. The fourth-order valence-corrected chi connectivity index (χ4v) is 3.84. The van der Waals surface area contributed by atoms with Crippen LogP contribution in [-0.4, -0.2) is 36.9 Å². The van der Waals surface area contributed by atoms with Crippen LogP contribution in [-0.2, 0) is 0 Å². The highest BCUT2D eigenvalue weighted by Gasteiger charge is 2.20. The molecule has 0 bridgehead atoms. The quantitative estimate of drug-likeness (QED) is 0.250. The van der Waals surface area contributed by atoms with E-state index in [-0.39, 0.29) is 5.78 Å². The zero-order chi connectivity index (χ0) is 24.1. The second-order valence-corrected chi connectivity index (χ2v) is 7.56. The molecule has 0 atom stereocenters. The molecule has 4 aromatic rings. The smallest absolute Gasteiger partial charge is 0.185 e. The molecule has 0 saturated heterocycles. The Morgan fingerprint density at radius 3 is 2.21 bits per heavy atom. The van der Waals surface area contributed by atoms with Gasteiger partial charge in [-0.1, -0.05) is 30.3 Å². The standard InChI is InChI=1S/C28H26N2O4/c1-19-22(15-16-24(31)20-14-17-26(33-3)27(18-20)34-4)28(23-12-8-9-13-25(23)32-2)30(29-19)21-10-6-5-7-11-21/h5-18H,1-4H3/b16-15+. The van der Waals surface area contributed by atoms with Crippen molar-refractivity contribution in [1.29, 1.82) is 0 Å². The van der Waals surface area contributed by atoms with Gasteiger partial charge in [-0.3, -0.25) is 4.79 Å². The molecule has 0 saturated carbocycles. The lowest BCUT2D eigenvalue weighted by Crippen LogP contribution is -2.01. The van der Waals surface area contributed by atoms with Crippen molar-refractivity contribution in [2.75, 3.05) is 21.3 Å². The maximum Gasteiger partial charge on any atom is 0.185 e. The number of aromatic nitrogens is 2. The number of aryl methyl sites for hydroxylation is 1. The van der Waals surface area contributed by atoms with E-state index in [0.717, 1.165) is 34.0 Å². The minimum Gasteiger partial charge on any atom is -0.496 e. The Kier molecular flexibility index (Phi) is 6.78. The maximum absolute atomic E-state index is 13.0. The molecule has 0 spiro atoms. The topological polar surface area (TPSA) is 62.6 Å². The average molecular weight is 455 g/mol. The van der Waals surface area contributed by atoms with Gasteiger partial charge >= 0.3 is 0 Å². The molecule has 0 aliphatic carbocycles. The van der Waals surface area contributed by atoms with Gasteiger partial charge in [0.1, 0.15) is 5.75 Å². The molecule has 6 heteroatoms. The molecule has 0 aliphatic rings. The third-order valence-electron chi connectivity index (χ3n) is 5.54. The first-order chi connectivity index (χ1) is 16.6. The minimum absolute atomic E-state index is 0.154. The number of hydrogen-bond donors (Lipinski definition) is 0. The molecule has 34 heavy (non-hydrogen) atoms. The van der Waals surface area contributed by atoms with Crippen LogP contribution >= 0.6 is 0 Å². The number of nitrogens with zero attached hydrogens (tertiary/aromatic N) is 2. The Hall–Kier alpha value is -4.32. The number of carbonyl (C=O) groups excluding carboxylic acids is 1. The molecule has 1 aromatic heterocycles. The van der Waals surface area contributed by atoms with E-state index in [4.69, 9.17) is 19.3 Å². The second-order valence-electron chi connectivity index (χ2n) is 7.56. The molecule has 4 rings (SSSR count). The number of allylic oxidation sites excluding steroid dienone is 1. The summed E-state index contributed by atoms with van der Waals surface area (Å²) in [5.41, 5.74) is 4.77. The maximum atomic E-state index is 13.0. The normalized spacial score (nSPS) is 10.9.